The monoisotopic (exact) mass is 270 g/mol. The van der Waals surface area contributed by atoms with Crippen LogP contribution in [0.5, 0.6) is 0 Å². The van der Waals surface area contributed by atoms with Crippen LogP contribution in [0, 0.1) is 5.92 Å². The number of hydrogen-bond acceptors (Lipinski definition) is 3. The quantitative estimate of drug-likeness (QED) is 0.820. The summed E-state index contributed by atoms with van der Waals surface area (Å²) in [4.78, 5) is 12.4. The van der Waals surface area contributed by atoms with E-state index in [4.69, 9.17) is 5.73 Å². The summed E-state index contributed by atoms with van der Waals surface area (Å²) >= 11 is 0. The molecular weight excluding hydrogens is 252 g/mol. The number of carbonyl (C=O) groups is 1. The molecule has 1 aliphatic rings. The van der Waals surface area contributed by atoms with Gasteiger partial charge in [-0.25, -0.2) is 4.52 Å². The smallest absolute Gasteiger partial charge is 0.255 e. The number of fused-ring (bicyclic) bond motifs is 1. The third kappa shape index (κ3) is 2.27. The Morgan fingerprint density at radius 2 is 2.25 bits per heavy atom. The van der Waals surface area contributed by atoms with Crippen LogP contribution in [-0.2, 0) is 0 Å². The first kappa shape index (κ1) is 12.7. The highest BCUT2D eigenvalue weighted by atomic mass is 16.1. The topological polar surface area (TPSA) is 72.4 Å². The number of anilines is 1. The molecule has 0 saturated carbocycles. The third-order valence-corrected chi connectivity index (χ3v) is 3.86. The number of carbonyl (C=O) groups excluding carboxylic acids is 1. The van der Waals surface area contributed by atoms with E-state index in [9.17, 15) is 4.79 Å². The third-order valence-electron chi connectivity index (χ3n) is 3.86. The first-order valence-electron chi connectivity index (χ1n) is 6.84. The van der Waals surface area contributed by atoms with Crippen molar-refractivity contribution in [3.8, 4) is 0 Å². The van der Waals surface area contributed by atoms with Crippen LogP contribution in [0.1, 0.15) is 30.1 Å². The van der Waals surface area contributed by atoms with Gasteiger partial charge in [-0.15, -0.1) is 0 Å². The lowest BCUT2D eigenvalue weighted by atomic mass is 9.90. The van der Waals surface area contributed by atoms with Crippen LogP contribution in [0.15, 0.2) is 36.7 Å². The number of nitrogens with two attached hydrogens (primary N) is 1. The molecule has 0 radical (unpaired) electrons. The first-order valence-corrected chi connectivity index (χ1v) is 6.84. The molecule has 20 heavy (non-hydrogen) atoms. The van der Waals surface area contributed by atoms with Gasteiger partial charge >= 0.3 is 0 Å². The standard InChI is InChI=1S/C15H18N4O/c1-10-4-2-3-5-13(10)18-15(20)12-9-17-19-7-6-11(16)8-14(12)19/h2-3,6-10,13H,4-5,16H2,1H3,(H,18,20)/t10-,13-/m1/s1. The second-order valence-electron chi connectivity index (χ2n) is 5.35. The van der Waals surface area contributed by atoms with Gasteiger partial charge < -0.3 is 11.1 Å². The maximum Gasteiger partial charge on any atom is 0.255 e. The first-order chi connectivity index (χ1) is 9.65. The number of pyridine rings is 1. The molecule has 2 aromatic heterocycles. The van der Waals surface area contributed by atoms with Gasteiger partial charge in [-0.1, -0.05) is 19.1 Å². The average Bonchev–Trinajstić information content (AvgIpc) is 2.84. The Kier molecular flexibility index (Phi) is 3.18. The lowest BCUT2D eigenvalue weighted by Crippen LogP contribution is -2.40. The second kappa shape index (κ2) is 5.00. The minimum Gasteiger partial charge on any atom is -0.399 e. The van der Waals surface area contributed by atoms with Crippen molar-refractivity contribution in [2.75, 3.05) is 5.73 Å². The van der Waals surface area contributed by atoms with Crippen LogP contribution in [0.25, 0.3) is 5.52 Å². The molecule has 2 heterocycles. The molecule has 0 unspecified atom stereocenters. The van der Waals surface area contributed by atoms with Crippen LogP contribution in [0.3, 0.4) is 0 Å². The molecule has 0 fully saturated rings. The van der Waals surface area contributed by atoms with Gasteiger partial charge in [0.1, 0.15) is 0 Å². The molecule has 1 amide bonds. The van der Waals surface area contributed by atoms with Crippen molar-refractivity contribution in [1.82, 2.24) is 14.9 Å². The lowest BCUT2D eigenvalue weighted by Gasteiger charge is -2.26. The van der Waals surface area contributed by atoms with E-state index in [2.05, 4.69) is 29.5 Å². The summed E-state index contributed by atoms with van der Waals surface area (Å²) < 4.78 is 1.66. The van der Waals surface area contributed by atoms with Crippen molar-refractivity contribution in [1.29, 1.82) is 0 Å². The van der Waals surface area contributed by atoms with Crippen LogP contribution < -0.4 is 11.1 Å². The van der Waals surface area contributed by atoms with E-state index in [0.717, 1.165) is 18.4 Å². The number of amides is 1. The molecule has 3 N–H and O–H groups in total. The Morgan fingerprint density at radius 1 is 1.45 bits per heavy atom. The van der Waals surface area contributed by atoms with Crippen LogP contribution in [0.2, 0.25) is 0 Å². The number of hydrogen-bond donors (Lipinski definition) is 2. The summed E-state index contributed by atoms with van der Waals surface area (Å²) in [7, 11) is 0. The summed E-state index contributed by atoms with van der Waals surface area (Å²) in [5.74, 6) is 0.369. The highest BCUT2D eigenvalue weighted by Gasteiger charge is 2.22. The Hall–Kier alpha value is -2.30. The zero-order valence-electron chi connectivity index (χ0n) is 11.4. The van der Waals surface area contributed by atoms with E-state index in [1.165, 1.54) is 0 Å². The zero-order chi connectivity index (χ0) is 14.1. The molecule has 0 aliphatic heterocycles. The average molecular weight is 270 g/mol. The predicted octanol–water partition coefficient (Wildman–Crippen LogP) is 2.00. The van der Waals surface area contributed by atoms with Gasteiger partial charge in [-0.2, -0.15) is 5.10 Å². The molecule has 2 atom stereocenters. The van der Waals surface area contributed by atoms with Gasteiger partial charge in [-0.05, 0) is 30.9 Å². The molecule has 0 saturated heterocycles. The Balaban J connectivity index is 1.85. The summed E-state index contributed by atoms with van der Waals surface area (Å²) in [6.45, 7) is 2.16. The van der Waals surface area contributed by atoms with Crippen molar-refractivity contribution in [2.45, 2.75) is 25.8 Å². The highest BCUT2D eigenvalue weighted by Crippen LogP contribution is 2.20. The summed E-state index contributed by atoms with van der Waals surface area (Å²) in [6.07, 6.45) is 9.53. The normalized spacial score (nSPS) is 22.1. The van der Waals surface area contributed by atoms with Crippen molar-refractivity contribution in [3.05, 3.63) is 42.2 Å². The molecule has 0 aromatic carbocycles. The van der Waals surface area contributed by atoms with Gasteiger partial charge in [0.05, 0.1) is 17.3 Å². The summed E-state index contributed by atoms with van der Waals surface area (Å²) in [5.41, 5.74) is 7.71. The Morgan fingerprint density at radius 3 is 3.05 bits per heavy atom. The van der Waals surface area contributed by atoms with Gasteiger partial charge in [0, 0.05) is 17.9 Å². The SMILES string of the molecule is C[C@@H]1CC=CC[C@H]1NC(=O)c1cnn2ccc(N)cc12. The van der Waals surface area contributed by atoms with Crippen LogP contribution in [-0.4, -0.2) is 21.6 Å². The molecule has 104 valence electrons. The fourth-order valence-electron chi connectivity index (χ4n) is 2.57. The van der Waals surface area contributed by atoms with E-state index >= 15 is 0 Å². The number of nitrogens with zero attached hydrogens (tertiary/aromatic N) is 2. The highest BCUT2D eigenvalue weighted by molar-refractivity contribution is 6.01. The molecule has 5 heteroatoms. The maximum atomic E-state index is 12.4. The van der Waals surface area contributed by atoms with E-state index in [0.29, 0.717) is 17.2 Å². The van der Waals surface area contributed by atoms with Crippen molar-refractivity contribution in [2.24, 2.45) is 5.92 Å². The molecule has 0 bridgehead atoms. The summed E-state index contributed by atoms with van der Waals surface area (Å²) in [5, 5.41) is 7.28. The fraction of sp³-hybridized carbons (Fsp3) is 0.333. The molecule has 3 rings (SSSR count). The predicted molar refractivity (Wildman–Crippen MR) is 78.4 cm³/mol. The van der Waals surface area contributed by atoms with E-state index in [-0.39, 0.29) is 11.9 Å². The fourth-order valence-corrected chi connectivity index (χ4v) is 2.57. The van der Waals surface area contributed by atoms with Crippen molar-refractivity contribution >= 4 is 17.1 Å². The van der Waals surface area contributed by atoms with E-state index in [1.54, 1.807) is 29.0 Å². The van der Waals surface area contributed by atoms with E-state index in [1.807, 2.05) is 0 Å². The van der Waals surface area contributed by atoms with Gasteiger partial charge in [0.15, 0.2) is 0 Å². The Labute approximate surface area is 117 Å². The number of nitrogen functional groups attached to an aromatic ring is 1. The number of rotatable bonds is 2. The minimum absolute atomic E-state index is 0.0854. The van der Waals surface area contributed by atoms with Gasteiger partial charge in [-0.3, -0.25) is 4.79 Å². The van der Waals surface area contributed by atoms with Crippen molar-refractivity contribution in [3.63, 3.8) is 0 Å². The molecular formula is C15H18N4O. The summed E-state index contributed by atoms with van der Waals surface area (Å²) in [6, 6.07) is 3.71. The molecule has 2 aromatic rings. The number of nitrogens with one attached hydrogen (secondary N) is 1. The van der Waals surface area contributed by atoms with Crippen LogP contribution >= 0.6 is 0 Å². The molecule has 1 aliphatic carbocycles. The molecule has 0 spiro atoms. The number of aromatic nitrogens is 2. The molecule has 5 nitrogen and oxygen atoms in total. The maximum absolute atomic E-state index is 12.4. The second-order valence-corrected chi connectivity index (χ2v) is 5.35. The van der Waals surface area contributed by atoms with Crippen molar-refractivity contribution < 1.29 is 4.79 Å². The zero-order valence-corrected chi connectivity index (χ0v) is 11.4. The number of allylic oxidation sites excluding steroid dienone is 1. The largest absolute Gasteiger partial charge is 0.399 e. The van der Waals surface area contributed by atoms with E-state index < -0.39 is 0 Å². The van der Waals surface area contributed by atoms with Crippen LogP contribution in [0.4, 0.5) is 5.69 Å². The lowest BCUT2D eigenvalue weighted by molar-refractivity contribution is 0.0925. The van der Waals surface area contributed by atoms with Gasteiger partial charge in [0.25, 0.3) is 5.91 Å². The minimum atomic E-state index is -0.0854. The van der Waals surface area contributed by atoms with Gasteiger partial charge in [0.2, 0.25) is 0 Å². The Bertz CT molecular complexity index is 674.